The van der Waals surface area contributed by atoms with Gasteiger partial charge in [0.1, 0.15) is 0 Å². The van der Waals surface area contributed by atoms with E-state index >= 15 is 0 Å². The van der Waals surface area contributed by atoms with Gasteiger partial charge in [0.2, 0.25) is 0 Å². The number of hydrogen-bond acceptors (Lipinski definition) is 3. The van der Waals surface area contributed by atoms with E-state index in [2.05, 4.69) is 26.1 Å². The number of methoxy groups -OCH3 is 1. The largest absolute Gasteiger partial charge is 0.380 e. The first kappa shape index (κ1) is 12.0. The van der Waals surface area contributed by atoms with Gasteiger partial charge in [0.25, 0.3) is 0 Å². The molecular formula is C11H23NO2. The van der Waals surface area contributed by atoms with Gasteiger partial charge in [-0.25, -0.2) is 0 Å². The van der Waals surface area contributed by atoms with Crippen LogP contribution in [0.15, 0.2) is 0 Å². The Kier molecular flexibility index (Phi) is 4.35. The number of rotatable bonds is 5. The molecule has 1 fully saturated rings. The van der Waals surface area contributed by atoms with Gasteiger partial charge in [-0.2, -0.15) is 0 Å². The molecular weight excluding hydrogens is 178 g/mol. The molecule has 3 heteroatoms. The van der Waals surface area contributed by atoms with Crippen LogP contribution in [-0.4, -0.2) is 38.0 Å². The van der Waals surface area contributed by atoms with E-state index in [1.807, 2.05) is 0 Å². The molecule has 0 aliphatic carbocycles. The predicted molar refractivity (Wildman–Crippen MR) is 57.5 cm³/mol. The third kappa shape index (κ3) is 3.23. The molecule has 1 heterocycles. The molecule has 14 heavy (non-hydrogen) atoms. The average molecular weight is 201 g/mol. The summed E-state index contributed by atoms with van der Waals surface area (Å²) < 4.78 is 11.0. The highest BCUT2D eigenvalue weighted by molar-refractivity contribution is 4.84. The Hall–Kier alpha value is -0.120. The fraction of sp³-hybridized carbons (Fsp3) is 1.00. The van der Waals surface area contributed by atoms with Crippen LogP contribution in [0.5, 0.6) is 0 Å². The maximum absolute atomic E-state index is 5.70. The average Bonchev–Trinajstić information content (AvgIpc) is 2.61. The molecule has 1 aliphatic rings. The minimum absolute atomic E-state index is 0.0434. The van der Waals surface area contributed by atoms with E-state index in [1.165, 1.54) is 6.42 Å². The first-order chi connectivity index (χ1) is 6.57. The van der Waals surface area contributed by atoms with Crippen LogP contribution < -0.4 is 5.32 Å². The first-order valence-corrected chi connectivity index (χ1v) is 5.47. The van der Waals surface area contributed by atoms with E-state index < -0.39 is 0 Å². The van der Waals surface area contributed by atoms with E-state index in [-0.39, 0.29) is 11.7 Å². The highest BCUT2D eigenvalue weighted by Crippen LogP contribution is 2.24. The highest BCUT2D eigenvalue weighted by atomic mass is 16.5. The van der Waals surface area contributed by atoms with Gasteiger partial charge in [-0.1, -0.05) is 0 Å². The maximum Gasteiger partial charge on any atom is 0.0779 e. The zero-order valence-corrected chi connectivity index (χ0v) is 9.80. The van der Waals surface area contributed by atoms with Crippen molar-refractivity contribution in [2.24, 2.45) is 0 Å². The molecule has 1 N–H and O–H groups in total. The summed E-state index contributed by atoms with van der Waals surface area (Å²) in [4.78, 5) is 0. The van der Waals surface area contributed by atoms with Crippen LogP contribution in [0.1, 0.15) is 33.6 Å². The Bertz CT molecular complexity index is 167. The summed E-state index contributed by atoms with van der Waals surface area (Å²) >= 11 is 0. The van der Waals surface area contributed by atoms with Crippen molar-refractivity contribution in [1.29, 1.82) is 0 Å². The zero-order valence-electron chi connectivity index (χ0n) is 9.80. The van der Waals surface area contributed by atoms with Gasteiger partial charge < -0.3 is 14.8 Å². The van der Waals surface area contributed by atoms with Crippen molar-refractivity contribution < 1.29 is 9.47 Å². The van der Waals surface area contributed by atoms with Crippen LogP contribution in [0.4, 0.5) is 0 Å². The molecule has 1 aliphatic heterocycles. The summed E-state index contributed by atoms with van der Waals surface area (Å²) in [6.07, 6.45) is 2.60. The number of nitrogens with one attached hydrogen (secondary N) is 1. The van der Waals surface area contributed by atoms with Crippen LogP contribution in [0, 0.1) is 0 Å². The van der Waals surface area contributed by atoms with Crippen molar-refractivity contribution in [3.8, 4) is 0 Å². The third-order valence-corrected chi connectivity index (χ3v) is 3.17. The van der Waals surface area contributed by atoms with Gasteiger partial charge in [0, 0.05) is 26.3 Å². The third-order valence-electron chi connectivity index (χ3n) is 3.17. The SMILES string of the molecule is COC(C)C(C)NCC1(C)CCCO1. The van der Waals surface area contributed by atoms with Crippen molar-refractivity contribution in [2.75, 3.05) is 20.3 Å². The Morgan fingerprint density at radius 2 is 2.21 bits per heavy atom. The van der Waals surface area contributed by atoms with E-state index in [9.17, 15) is 0 Å². The molecule has 0 amide bonds. The second-order valence-electron chi connectivity index (χ2n) is 4.51. The van der Waals surface area contributed by atoms with Gasteiger partial charge in [0.15, 0.2) is 0 Å². The van der Waals surface area contributed by atoms with Crippen molar-refractivity contribution in [3.05, 3.63) is 0 Å². The van der Waals surface area contributed by atoms with E-state index in [0.717, 1.165) is 19.6 Å². The van der Waals surface area contributed by atoms with Crippen molar-refractivity contribution >= 4 is 0 Å². The van der Waals surface area contributed by atoms with Crippen molar-refractivity contribution in [1.82, 2.24) is 5.32 Å². The molecule has 0 aromatic carbocycles. The van der Waals surface area contributed by atoms with E-state index in [4.69, 9.17) is 9.47 Å². The molecule has 3 atom stereocenters. The minimum Gasteiger partial charge on any atom is -0.380 e. The minimum atomic E-state index is 0.0434. The molecule has 0 saturated carbocycles. The maximum atomic E-state index is 5.70. The monoisotopic (exact) mass is 201 g/mol. The number of ether oxygens (including phenoxy) is 2. The van der Waals surface area contributed by atoms with Crippen LogP contribution in [0.3, 0.4) is 0 Å². The Morgan fingerprint density at radius 1 is 1.50 bits per heavy atom. The van der Waals surface area contributed by atoms with E-state index in [0.29, 0.717) is 6.04 Å². The normalized spacial score (nSPS) is 31.7. The Balaban J connectivity index is 2.25. The van der Waals surface area contributed by atoms with Crippen LogP contribution in [0.25, 0.3) is 0 Å². The lowest BCUT2D eigenvalue weighted by atomic mass is 10.0. The second-order valence-corrected chi connectivity index (χ2v) is 4.51. The second kappa shape index (κ2) is 5.10. The fourth-order valence-electron chi connectivity index (χ4n) is 1.72. The van der Waals surface area contributed by atoms with Crippen LogP contribution in [-0.2, 0) is 9.47 Å². The van der Waals surface area contributed by atoms with Crippen LogP contribution in [0.2, 0.25) is 0 Å². The fourth-order valence-corrected chi connectivity index (χ4v) is 1.72. The molecule has 84 valence electrons. The standard InChI is InChI=1S/C11H23NO2/c1-9(10(2)13-4)12-8-11(3)6-5-7-14-11/h9-10,12H,5-8H2,1-4H3. The van der Waals surface area contributed by atoms with Gasteiger partial charge >= 0.3 is 0 Å². The predicted octanol–water partition coefficient (Wildman–Crippen LogP) is 1.57. The molecule has 0 aromatic rings. The smallest absolute Gasteiger partial charge is 0.0779 e. The summed E-state index contributed by atoms with van der Waals surface area (Å²) in [6.45, 7) is 8.23. The molecule has 1 rings (SSSR count). The topological polar surface area (TPSA) is 30.5 Å². The van der Waals surface area contributed by atoms with Gasteiger partial charge in [0.05, 0.1) is 11.7 Å². The molecule has 0 aromatic heterocycles. The first-order valence-electron chi connectivity index (χ1n) is 5.47. The molecule has 0 bridgehead atoms. The lowest BCUT2D eigenvalue weighted by molar-refractivity contribution is 0.0118. The van der Waals surface area contributed by atoms with Crippen molar-refractivity contribution in [3.63, 3.8) is 0 Å². The van der Waals surface area contributed by atoms with Gasteiger partial charge in [-0.15, -0.1) is 0 Å². The number of hydrogen-bond donors (Lipinski definition) is 1. The molecule has 3 nitrogen and oxygen atoms in total. The molecule has 1 saturated heterocycles. The summed E-state index contributed by atoms with van der Waals surface area (Å²) in [5.74, 6) is 0. The molecule has 3 unspecified atom stereocenters. The van der Waals surface area contributed by atoms with E-state index in [1.54, 1.807) is 7.11 Å². The van der Waals surface area contributed by atoms with Gasteiger partial charge in [-0.3, -0.25) is 0 Å². The quantitative estimate of drug-likeness (QED) is 0.732. The summed E-state index contributed by atoms with van der Waals surface area (Å²) in [6, 6.07) is 0.376. The Morgan fingerprint density at radius 3 is 2.71 bits per heavy atom. The zero-order chi connectivity index (χ0) is 10.6. The highest BCUT2D eigenvalue weighted by Gasteiger charge is 2.30. The lowest BCUT2D eigenvalue weighted by Crippen LogP contribution is -2.45. The molecule has 0 spiro atoms. The van der Waals surface area contributed by atoms with Crippen molar-refractivity contribution in [2.45, 2.75) is 51.4 Å². The molecule has 0 radical (unpaired) electrons. The summed E-state index contributed by atoms with van der Waals surface area (Å²) in [5.41, 5.74) is 0.0434. The van der Waals surface area contributed by atoms with Gasteiger partial charge in [-0.05, 0) is 33.6 Å². The summed E-state index contributed by atoms with van der Waals surface area (Å²) in [7, 11) is 1.75. The van der Waals surface area contributed by atoms with Crippen LogP contribution >= 0.6 is 0 Å². The lowest BCUT2D eigenvalue weighted by Gasteiger charge is -2.28. The summed E-state index contributed by atoms with van der Waals surface area (Å²) in [5, 5.41) is 3.47. The Labute approximate surface area is 87.2 Å².